The molecular weight excluding hydrogens is 254 g/mol. The Morgan fingerprint density at radius 2 is 2.11 bits per heavy atom. The van der Waals surface area contributed by atoms with Gasteiger partial charge >= 0.3 is 0 Å². The highest BCUT2D eigenvalue weighted by Gasteiger charge is 2.59. The van der Waals surface area contributed by atoms with Gasteiger partial charge in [-0.15, -0.1) is 0 Å². The first-order valence-corrected chi connectivity index (χ1v) is 6.94. The third-order valence-electron chi connectivity index (χ3n) is 3.08. The minimum absolute atomic E-state index is 0.0573. The maximum absolute atomic E-state index is 11.9. The van der Waals surface area contributed by atoms with Gasteiger partial charge in [-0.25, -0.2) is 17.7 Å². The van der Waals surface area contributed by atoms with Crippen molar-refractivity contribution in [3.05, 3.63) is 23.9 Å². The molecule has 0 saturated carbocycles. The van der Waals surface area contributed by atoms with Crippen LogP contribution in [0.3, 0.4) is 0 Å². The Morgan fingerprint density at radius 1 is 1.44 bits per heavy atom. The monoisotopic (exact) mass is 269 g/mol. The van der Waals surface area contributed by atoms with E-state index in [1.165, 1.54) is 13.8 Å². The number of hydrogen-bond donors (Lipinski definition) is 1. The normalized spacial score (nSPS) is 20.4. The van der Waals surface area contributed by atoms with Gasteiger partial charge < -0.3 is 5.32 Å². The van der Waals surface area contributed by atoms with Crippen LogP contribution >= 0.6 is 0 Å². The summed E-state index contributed by atoms with van der Waals surface area (Å²) in [4.78, 5) is 15.8. The Balaban J connectivity index is 2.24. The van der Waals surface area contributed by atoms with Crippen molar-refractivity contribution >= 4 is 21.7 Å². The fraction of sp³-hybridized carbons (Fsp3) is 0.455. The Hall–Kier alpha value is -1.63. The number of sulfonamides is 1. The molecule has 1 aliphatic rings. The second kappa shape index (κ2) is 3.94. The average molecular weight is 269 g/mol. The van der Waals surface area contributed by atoms with Crippen LogP contribution in [0.15, 0.2) is 18.3 Å². The summed E-state index contributed by atoms with van der Waals surface area (Å²) in [5.41, 5.74) is 0.724. The van der Waals surface area contributed by atoms with Crippen molar-refractivity contribution in [1.82, 2.24) is 9.29 Å². The molecule has 1 amide bonds. The number of pyridine rings is 1. The van der Waals surface area contributed by atoms with E-state index in [9.17, 15) is 13.2 Å². The van der Waals surface area contributed by atoms with Crippen molar-refractivity contribution in [2.45, 2.75) is 25.1 Å². The first-order valence-electron chi connectivity index (χ1n) is 5.50. The van der Waals surface area contributed by atoms with Crippen molar-refractivity contribution in [2.24, 2.45) is 0 Å². The number of amides is 1. The van der Waals surface area contributed by atoms with Gasteiger partial charge in [0.1, 0.15) is 5.82 Å². The molecule has 0 radical (unpaired) electrons. The molecule has 1 fully saturated rings. The molecule has 6 nitrogen and oxygen atoms in total. The maximum Gasteiger partial charge on any atom is 0.259 e. The van der Waals surface area contributed by atoms with Gasteiger partial charge in [-0.05, 0) is 31.5 Å². The van der Waals surface area contributed by atoms with Crippen LogP contribution in [0, 0.1) is 0 Å². The molecule has 1 aromatic rings. The quantitative estimate of drug-likeness (QED) is 0.868. The second-order valence-electron chi connectivity index (χ2n) is 4.63. The lowest BCUT2D eigenvalue weighted by Crippen LogP contribution is -2.66. The first kappa shape index (κ1) is 12.8. The Labute approximate surface area is 106 Å². The predicted octanol–water partition coefficient (Wildman–Crippen LogP) is 0.574. The van der Waals surface area contributed by atoms with E-state index in [0.717, 1.165) is 9.87 Å². The van der Waals surface area contributed by atoms with Crippen LogP contribution in [0.2, 0.25) is 0 Å². The van der Waals surface area contributed by atoms with Crippen molar-refractivity contribution in [2.75, 3.05) is 12.4 Å². The molecule has 1 saturated heterocycles. The molecule has 0 aliphatic carbocycles. The number of nitrogens with zero attached hydrogens (tertiary/aromatic N) is 2. The molecule has 7 heteroatoms. The summed E-state index contributed by atoms with van der Waals surface area (Å²) in [5, 5.41) is 2.86. The highest BCUT2D eigenvalue weighted by atomic mass is 32.2. The van der Waals surface area contributed by atoms with Gasteiger partial charge in [-0.2, -0.15) is 0 Å². The van der Waals surface area contributed by atoms with Crippen molar-refractivity contribution < 1.29 is 13.2 Å². The minimum Gasteiger partial charge on any atom is -0.373 e. The fourth-order valence-corrected chi connectivity index (χ4v) is 3.30. The van der Waals surface area contributed by atoms with Gasteiger partial charge in [0.05, 0.1) is 6.54 Å². The van der Waals surface area contributed by atoms with Crippen LogP contribution in [0.1, 0.15) is 19.4 Å². The van der Waals surface area contributed by atoms with E-state index in [4.69, 9.17) is 0 Å². The third kappa shape index (κ3) is 1.66. The highest BCUT2D eigenvalue weighted by Crippen LogP contribution is 2.36. The molecule has 18 heavy (non-hydrogen) atoms. The third-order valence-corrected chi connectivity index (χ3v) is 5.42. The summed E-state index contributed by atoms with van der Waals surface area (Å²) in [6.07, 6.45) is 1.57. The van der Waals surface area contributed by atoms with Crippen LogP contribution in [0.25, 0.3) is 0 Å². The standard InChI is InChI=1S/C11H15N3O3S/c1-11(2)10(15)14(18(11,16)17)7-8-4-5-13-9(6-8)12-3/h4-6H,7H2,1-3H3,(H,12,13). The molecule has 0 spiro atoms. The van der Waals surface area contributed by atoms with Crippen molar-refractivity contribution in [3.63, 3.8) is 0 Å². The summed E-state index contributed by atoms with van der Waals surface area (Å²) >= 11 is 0. The molecule has 0 unspecified atom stereocenters. The number of rotatable bonds is 3. The van der Waals surface area contributed by atoms with Gasteiger partial charge in [0, 0.05) is 13.2 Å². The zero-order chi connectivity index (χ0) is 13.6. The summed E-state index contributed by atoms with van der Waals surface area (Å²) < 4.78 is 23.4. The lowest BCUT2D eigenvalue weighted by molar-refractivity contribution is -0.132. The number of carbonyl (C=O) groups is 1. The van der Waals surface area contributed by atoms with Gasteiger partial charge in [0.25, 0.3) is 15.9 Å². The van der Waals surface area contributed by atoms with Crippen LogP contribution in [-0.2, 0) is 21.4 Å². The summed E-state index contributed by atoms with van der Waals surface area (Å²) in [7, 11) is -1.80. The molecule has 2 rings (SSSR count). The summed E-state index contributed by atoms with van der Waals surface area (Å²) in [6.45, 7) is 2.90. The Morgan fingerprint density at radius 3 is 2.67 bits per heavy atom. The first-order chi connectivity index (χ1) is 8.30. The lowest BCUT2D eigenvalue weighted by Gasteiger charge is -2.43. The van der Waals surface area contributed by atoms with Crippen LogP contribution < -0.4 is 5.32 Å². The van der Waals surface area contributed by atoms with Crippen LogP contribution in [-0.4, -0.2) is 35.4 Å². The lowest BCUT2D eigenvalue weighted by atomic mass is 10.1. The van der Waals surface area contributed by atoms with Crippen LogP contribution in [0.5, 0.6) is 0 Å². The summed E-state index contributed by atoms with van der Waals surface area (Å²) in [5.74, 6) is 0.266. The van der Waals surface area contributed by atoms with Crippen molar-refractivity contribution in [3.8, 4) is 0 Å². The average Bonchev–Trinajstić information content (AvgIpc) is 2.35. The molecule has 0 atom stereocenters. The number of carbonyl (C=O) groups excluding carboxylic acids is 1. The number of hydrogen-bond acceptors (Lipinski definition) is 5. The Kier molecular flexibility index (Phi) is 2.81. The van der Waals surface area contributed by atoms with E-state index < -0.39 is 14.8 Å². The van der Waals surface area contributed by atoms with E-state index in [2.05, 4.69) is 10.3 Å². The van der Waals surface area contributed by atoms with Crippen molar-refractivity contribution in [1.29, 1.82) is 0 Å². The number of nitrogens with one attached hydrogen (secondary N) is 1. The van der Waals surface area contributed by atoms with Gasteiger partial charge in [-0.3, -0.25) is 4.79 Å². The van der Waals surface area contributed by atoms with Crippen LogP contribution in [0.4, 0.5) is 5.82 Å². The molecule has 1 N–H and O–H groups in total. The molecule has 2 heterocycles. The zero-order valence-corrected chi connectivity index (χ0v) is 11.3. The predicted molar refractivity (Wildman–Crippen MR) is 67.3 cm³/mol. The molecule has 98 valence electrons. The molecule has 0 aromatic carbocycles. The maximum atomic E-state index is 11.9. The number of aromatic nitrogens is 1. The van der Waals surface area contributed by atoms with E-state index in [1.54, 1.807) is 25.4 Å². The molecular formula is C11H15N3O3S. The molecule has 1 aliphatic heterocycles. The largest absolute Gasteiger partial charge is 0.373 e. The SMILES string of the molecule is CNc1cc(CN2C(=O)C(C)(C)S2(=O)=O)ccn1. The fourth-order valence-electron chi connectivity index (χ4n) is 1.79. The summed E-state index contributed by atoms with van der Waals surface area (Å²) in [6, 6.07) is 3.41. The zero-order valence-electron chi connectivity index (χ0n) is 10.5. The van der Waals surface area contributed by atoms with E-state index in [-0.39, 0.29) is 12.5 Å². The van der Waals surface area contributed by atoms with E-state index in [1.807, 2.05) is 0 Å². The van der Waals surface area contributed by atoms with E-state index >= 15 is 0 Å². The van der Waals surface area contributed by atoms with Gasteiger partial charge in [-0.1, -0.05) is 0 Å². The van der Waals surface area contributed by atoms with Gasteiger partial charge in [0.2, 0.25) is 0 Å². The van der Waals surface area contributed by atoms with E-state index in [0.29, 0.717) is 5.82 Å². The van der Waals surface area contributed by atoms with Gasteiger partial charge in [0.15, 0.2) is 4.75 Å². The smallest absolute Gasteiger partial charge is 0.259 e. The topological polar surface area (TPSA) is 79.4 Å². The molecule has 0 bridgehead atoms. The highest BCUT2D eigenvalue weighted by molar-refractivity contribution is 7.94. The second-order valence-corrected chi connectivity index (χ2v) is 7.04. The minimum atomic E-state index is -3.52. The molecule has 1 aromatic heterocycles. The number of anilines is 1. The Bertz CT molecular complexity index is 595.